The first-order valence-corrected chi connectivity index (χ1v) is 14.3. The second kappa shape index (κ2) is 11.3. The van der Waals surface area contributed by atoms with Gasteiger partial charge in [0.2, 0.25) is 17.7 Å². The fourth-order valence-corrected chi connectivity index (χ4v) is 6.44. The van der Waals surface area contributed by atoms with Crippen molar-refractivity contribution in [1.82, 2.24) is 25.1 Å². The molecule has 2 saturated carbocycles. The van der Waals surface area contributed by atoms with Crippen molar-refractivity contribution >= 4 is 44.8 Å². The highest BCUT2D eigenvalue weighted by Gasteiger charge is 2.60. The van der Waals surface area contributed by atoms with Crippen molar-refractivity contribution in [1.29, 1.82) is 0 Å². The third kappa shape index (κ3) is 6.28. The van der Waals surface area contributed by atoms with Gasteiger partial charge in [-0.2, -0.15) is 0 Å². The molecule has 1 spiro atoms. The first-order valence-electron chi connectivity index (χ1n) is 14.0. The number of carbonyl (C=O) groups excluding carboxylic acids is 2. The SMILES string of the molecule is BC(B)(c1cc(Cl)ccc1NCc1cncnc1)N1CCN(C(=O)CNC(=O)C2CC23CCC(F)(F)CC3)CC1. The summed E-state index contributed by atoms with van der Waals surface area (Å²) in [7, 11) is 4.31. The third-order valence-corrected chi connectivity index (χ3v) is 9.29. The van der Waals surface area contributed by atoms with E-state index in [0.717, 1.165) is 16.8 Å². The van der Waals surface area contributed by atoms with Crippen LogP contribution in [0.25, 0.3) is 0 Å². The van der Waals surface area contributed by atoms with Gasteiger partial charge in [-0.1, -0.05) is 11.6 Å². The number of piperazine rings is 1. The molecule has 2 amide bonds. The van der Waals surface area contributed by atoms with Gasteiger partial charge in [0, 0.05) is 80.2 Å². The number of anilines is 1. The van der Waals surface area contributed by atoms with Crippen molar-refractivity contribution in [2.75, 3.05) is 38.0 Å². The van der Waals surface area contributed by atoms with Crippen molar-refractivity contribution in [2.45, 2.75) is 49.9 Å². The van der Waals surface area contributed by atoms with E-state index in [2.05, 4.69) is 41.2 Å². The number of hydrogen-bond donors (Lipinski definition) is 2. The summed E-state index contributed by atoms with van der Waals surface area (Å²) in [5.41, 5.74) is 2.72. The molecule has 1 aliphatic heterocycles. The van der Waals surface area contributed by atoms with Crippen LogP contribution < -0.4 is 10.6 Å². The number of nitrogens with one attached hydrogen (secondary N) is 2. The number of carbonyl (C=O) groups is 2. The topological polar surface area (TPSA) is 90.5 Å². The molecule has 212 valence electrons. The van der Waals surface area contributed by atoms with E-state index in [4.69, 9.17) is 11.6 Å². The summed E-state index contributed by atoms with van der Waals surface area (Å²) < 4.78 is 27.1. The predicted octanol–water partition coefficient (Wildman–Crippen LogP) is 1.59. The van der Waals surface area contributed by atoms with Crippen LogP contribution in [0.1, 0.15) is 43.2 Å². The summed E-state index contributed by atoms with van der Waals surface area (Å²) in [6.45, 7) is 2.96. The number of aromatic nitrogens is 2. The molecule has 2 aromatic rings. The minimum atomic E-state index is -2.61. The molecule has 1 unspecified atom stereocenters. The lowest BCUT2D eigenvalue weighted by Gasteiger charge is -2.45. The van der Waals surface area contributed by atoms with Crippen LogP contribution in [-0.2, 0) is 21.5 Å². The van der Waals surface area contributed by atoms with Crippen LogP contribution in [0.2, 0.25) is 5.02 Å². The second-order valence-electron chi connectivity index (χ2n) is 11.9. The van der Waals surface area contributed by atoms with Gasteiger partial charge in [0.25, 0.3) is 0 Å². The fraction of sp³-hybridized carbons (Fsp3) is 0.556. The lowest BCUT2D eigenvalue weighted by molar-refractivity contribution is -0.135. The number of halogens is 3. The largest absolute Gasteiger partial charge is 0.381 e. The maximum atomic E-state index is 13.5. The van der Waals surface area contributed by atoms with Gasteiger partial charge in [-0.15, -0.1) is 0 Å². The van der Waals surface area contributed by atoms with Crippen molar-refractivity contribution in [2.24, 2.45) is 11.3 Å². The van der Waals surface area contributed by atoms with E-state index < -0.39 is 5.92 Å². The van der Waals surface area contributed by atoms with Gasteiger partial charge in [0.15, 0.2) is 0 Å². The number of rotatable bonds is 8. The van der Waals surface area contributed by atoms with E-state index in [1.165, 1.54) is 6.33 Å². The summed E-state index contributed by atoms with van der Waals surface area (Å²) in [5.74, 6) is -3.15. The Morgan fingerprint density at radius 2 is 1.75 bits per heavy atom. The molecule has 8 nitrogen and oxygen atoms in total. The van der Waals surface area contributed by atoms with Gasteiger partial charge >= 0.3 is 0 Å². The van der Waals surface area contributed by atoms with Crippen LogP contribution in [0, 0.1) is 11.3 Å². The average Bonchev–Trinajstić information content (AvgIpc) is 3.67. The van der Waals surface area contributed by atoms with Crippen LogP contribution in [0.5, 0.6) is 0 Å². The number of alkyl halides is 2. The van der Waals surface area contributed by atoms with Gasteiger partial charge in [0.1, 0.15) is 22.0 Å². The molecular weight excluding hydrogens is 535 g/mol. The van der Waals surface area contributed by atoms with E-state index in [9.17, 15) is 18.4 Å². The van der Waals surface area contributed by atoms with Gasteiger partial charge in [-0.3, -0.25) is 9.59 Å². The number of hydrogen-bond acceptors (Lipinski definition) is 6. The highest BCUT2D eigenvalue weighted by atomic mass is 35.5. The van der Waals surface area contributed by atoms with E-state index >= 15 is 0 Å². The molecule has 3 aliphatic rings. The second-order valence-corrected chi connectivity index (χ2v) is 12.3. The van der Waals surface area contributed by atoms with Crippen molar-refractivity contribution in [3.63, 3.8) is 0 Å². The molecule has 0 bridgehead atoms. The molecule has 40 heavy (non-hydrogen) atoms. The number of amides is 2. The molecule has 1 aromatic carbocycles. The Hall–Kier alpha value is -2.72. The zero-order chi connectivity index (χ0) is 28.5. The van der Waals surface area contributed by atoms with Crippen LogP contribution in [-0.4, -0.2) is 85.9 Å². The molecule has 13 heteroatoms. The van der Waals surface area contributed by atoms with E-state index in [-0.39, 0.29) is 47.9 Å². The summed E-state index contributed by atoms with van der Waals surface area (Å²) in [4.78, 5) is 37.8. The standard InChI is InChI=1S/C27H35B2ClF2N6O2/c28-27(29,20-11-19(30)1-2-22(20)35-15-18-13-33-17-34-14-18)38-9-7-37(8-10-38)23(39)16-36-24(40)21-12-25(21)3-5-26(31,32)6-4-25/h1-2,11,13-14,17,21,35H,3-10,12,15-16,28-29H2,(H,36,40). The van der Waals surface area contributed by atoms with E-state index in [1.807, 2.05) is 18.2 Å². The Morgan fingerprint density at radius 3 is 2.42 bits per heavy atom. The maximum Gasteiger partial charge on any atom is 0.248 e. The normalized spacial score (nSPS) is 22.1. The summed E-state index contributed by atoms with van der Waals surface area (Å²) >= 11 is 6.40. The minimum Gasteiger partial charge on any atom is -0.381 e. The van der Waals surface area contributed by atoms with Crippen molar-refractivity contribution in [3.8, 4) is 0 Å². The van der Waals surface area contributed by atoms with Crippen LogP contribution in [0.15, 0.2) is 36.9 Å². The predicted molar refractivity (Wildman–Crippen MR) is 155 cm³/mol. The van der Waals surface area contributed by atoms with Gasteiger partial charge in [-0.05, 0) is 53.8 Å². The van der Waals surface area contributed by atoms with Crippen LogP contribution in [0.3, 0.4) is 0 Å². The Labute approximate surface area is 240 Å². The maximum absolute atomic E-state index is 13.5. The number of benzene rings is 1. The van der Waals surface area contributed by atoms with Gasteiger partial charge in [-0.25, -0.2) is 18.7 Å². The first-order chi connectivity index (χ1) is 19.0. The number of nitrogens with zero attached hydrogens (tertiary/aromatic N) is 4. The Morgan fingerprint density at radius 1 is 1.07 bits per heavy atom. The highest BCUT2D eigenvalue weighted by molar-refractivity contribution is 6.40. The van der Waals surface area contributed by atoms with Crippen molar-refractivity contribution in [3.05, 3.63) is 53.1 Å². The zero-order valence-electron chi connectivity index (χ0n) is 23.1. The Bertz CT molecular complexity index is 1240. The monoisotopic (exact) mass is 570 g/mol. The lowest BCUT2D eigenvalue weighted by atomic mass is 9.56. The van der Waals surface area contributed by atoms with Crippen molar-refractivity contribution < 1.29 is 18.4 Å². The minimum absolute atomic E-state index is 0.0590. The molecule has 3 fully saturated rings. The average molecular weight is 571 g/mol. The summed E-state index contributed by atoms with van der Waals surface area (Å²) in [6.07, 6.45) is 6.18. The molecule has 0 radical (unpaired) electrons. The quantitative estimate of drug-likeness (QED) is 0.469. The van der Waals surface area contributed by atoms with E-state index in [1.54, 1.807) is 17.3 Å². The van der Waals surface area contributed by atoms with Crippen LogP contribution in [0.4, 0.5) is 14.5 Å². The fourth-order valence-electron chi connectivity index (χ4n) is 6.26. The highest BCUT2D eigenvalue weighted by Crippen LogP contribution is 2.63. The zero-order valence-corrected chi connectivity index (χ0v) is 23.8. The molecule has 2 heterocycles. The molecule has 2 N–H and O–H groups in total. The van der Waals surface area contributed by atoms with Crippen LogP contribution >= 0.6 is 11.6 Å². The lowest BCUT2D eigenvalue weighted by Crippen LogP contribution is -2.58. The first kappa shape index (κ1) is 28.8. The smallest absolute Gasteiger partial charge is 0.248 e. The molecule has 1 saturated heterocycles. The van der Waals surface area contributed by atoms with E-state index in [0.29, 0.717) is 57.0 Å². The Balaban J connectivity index is 1.13. The molecule has 1 atom stereocenters. The summed E-state index contributed by atoms with van der Waals surface area (Å²) in [6, 6.07) is 5.83. The Kier molecular flexibility index (Phi) is 8.12. The molecule has 1 aromatic heterocycles. The molecule has 2 aliphatic carbocycles. The van der Waals surface area contributed by atoms with Gasteiger partial charge < -0.3 is 20.4 Å². The van der Waals surface area contributed by atoms with Gasteiger partial charge in [0.05, 0.1) is 6.54 Å². The molecule has 5 rings (SSSR count). The third-order valence-electron chi connectivity index (χ3n) is 9.06. The summed E-state index contributed by atoms with van der Waals surface area (Å²) in [5, 5.41) is 6.56. The molecular formula is C27H35B2ClF2N6O2.